The van der Waals surface area contributed by atoms with Gasteiger partial charge >= 0.3 is 5.97 Å². The zero-order chi connectivity index (χ0) is 34.2. The molecule has 0 saturated heterocycles. The number of allylic oxidation sites excluding steroid dienone is 1. The molecular formula is C36H36FN5O5S. The molecule has 0 bridgehead atoms. The van der Waals surface area contributed by atoms with Gasteiger partial charge in [0.25, 0.3) is 5.91 Å². The van der Waals surface area contributed by atoms with Crippen LogP contribution in [0.2, 0.25) is 0 Å². The van der Waals surface area contributed by atoms with E-state index in [2.05, 4.69) is 25.7 Å². The second-order valence-corrected chi connectivity index (χ2v) is 11.4. The number of rotatable bonds is 12. The molecule has 248 valence electrons. The van der Waals surface area contributed by atoms with E-state index in [1.54, 1.807) is 56.5 Å². The fourth-order valence-corrected chi connectivity index (χ4v) is 5.66. The number of amides is 1. The van der Waals surface area contributed by atoms with Gasteiger partial charge in [-0.2, -0.15) is 5.10 Å². The van der Waals surface area contributed by atoms with Gasteiger partial charge < -0.3 is 29.4 Å². The normalized spacial score (nSPS) is 14.4. The summed E-state index contributed by atoms with van der Waals surface area (Å²) < 4.78 is 32.9. The Morgan fingerprint density at radius 3 is 2.50 bits per heavy atom. The van der Waals surface area contributed by atoms with Crippen molar-refractivity contribution in [3.63, 3.8) is 0 Å². The van der Waals surface area contributed by atoms with E-state index in [9.17, 15) is 14.0 Å². The largest absolute Gasteiger partial charge is 0.489 e. The topological polar surface area (TPSA) is 115 Å². The molecular weight excluding hydrogens is 633 g/mol. The van der Waals surface area contributed by atoms with Crippen LogP contribution in [0.15, 0.2) is 95.2 Å². The summed E-state index contributed by atoms with van der Waals surface area (Å²) in [5.41, 5.74) is 8.20. The number of hydrogen-bond donors (Lipinski definition) is 3. The Morgan fingerprint density at radius 2 is 1.75 bits per heavy atom. The van der Waals surface area contributed by atoms with Gasteiger partial charge in [-0.25, -0.2) is 14.6 Å². The number of carbonyl (C=O) groups is 2. The van der Waals surface area contributed by atoms with Gasteiger partial charge in [-0.3, -0.25) is 4.79 Å². The first kappa shape index (κ1) is 33.9. The highest BCUT2D eigenvalue weighted by Gasteiger charge is 2.32. The highest BCUT2D eigenvalue weighted by molar-refractivity contribution is 7.80. The molecule has 10 nitrogen and oxygen atoms in total. The van der Waals surface area contributed by atoms with Crippen LogP contribution in [0.25, 0.3) is 5.69 Å². The second-order valence-electron chi connectivity index (χ2n) is 10.9. The van der Waals surface area contributed by atoms with Crippen LogP contribution in [-0.4, -0.2) is 41.0 Å². The summed E-state index contributed by atoms with van der Waals surface area (Å²) in [5, 5.41) is 10.6. The average Bonchev–Trinajstić information content (AvgIpc) is 3.35. The summed E-state index contributed by atoms with van der Waals surface area (Å²) in [4.78, 5) is 25.5. The molecule has 12 heteroatoms. The van der Waals surface area contributed by atoms with Gasteiger partial charge in [0.1, 0.15) is 23.9 Å². The van der Waals surface area contributed by atoms with E-state index in [1.807, 2.05) is 50.2 Å². The minimum Gasteiger partial charge on any atom is -0.489 e. The Kier molecular flexibility index (Phi) is 10.9. The van der Waals surface area contributed by atoms with E-state index in [1.165, 1.54) is 6.07 Å². The minimum atomic E-state index is -0.632. The fourth-order valence-electron chi connectivity index (χ4n) is 5.39. The van der Waals surface area contributed by atoms with Crippen LogP contribution in [-0.2, 0) is 20.9 Å². The molecule has 1 atom stereocenters. The van der Waals surface area contributed by atoms with Crippen molar-refractivity contribution in [2.24, 2.45) is 5.10 Å². The first-order valence-corrected chi connectivity index (χ1v) is 15.7. The van der Waals surface area contributed by atoms with Gasteiger partial charge in [0.15, 0.2) is 11.7 Å². The Balaban J connectivity index is 1.20. The highest BCUT2D eigenvalue weighted by Crippen LogP contribution is 2.33. The number of aryl methyl sites for hydroxylation is 1. The number of ether oxygens (including phenoxy) is 3. The number of hydrazone groups is 1. The summed E-state index contributed by atoms with van der Waals surface area (Å²) in [6.45, 7) is 7.46. The fraction of sp³-hybridized carbons (Fsp3) is 0.222. The van der Waals surface area contributed by atoms with E-state index in [4.69, 9.17) is 26.4 Å². The molecule has 0 unspecified atom stereocenters. The summed E-state index contributed by atoms with van der Waals surface area (Å²) in [6.07, 6.45) is 1.58. The zero-order valence-corrected chi connectivity index (χ0v) is 27.8. The van der Waals surface area contributed by atoms with E-state index in [-0.39, 0.29) is 25.6 Å². The molecule has 0 fully saturated rings. The lowest BCUT2D eigenvalue weighted by molar-refractivity contribution is -0.139. The number of carbonyl (C=O) groups excluding carboxylic acids is 2. The molecule has 3 aromatic carbocycles. The molecule has 0 aliphatic carbocycles. The maximum Gasteiger partial charge on any atom is 0.338 e. The number of esters is 1. The van der Waals surface area contributed by atoms with Crippen molar-refractivity contribution in [1.82, 2.24) is 20.6 Å². The molecule has 0 radical (unpaired) electrons. The number of hydrogen-bond acceptors (Lipinski definition) is 7. The number of nitrogens with zero attached hydrogens (tertiary/aromatic N) is 2. The Bertz CT molecular complexity index is 1890. The van der Waals surface area contributed by atoms with Gasteiger partial charge in [-0.05, 0) is 82.4 Å². The lowest BCUT2D eigenvalue weighted by Gasteiger charge is -2.30. The lowest BCUT2D eigenvalue weighted by atomic mass is 9.95. The van der Waals surface area contributed by atoms with Crippen molar-refractivity contribution in [2.75, 3.05) is 13.2 Å². The Labute approximate surface area is 283 Å². The third kappa shape index (κ3) is 7.89. The number of benzene rings is 3. The van der Waals surface area contributed by atoms with Crippen LogP contribution in [0, 0.1) is 19.7 Å². The molecule has 1 amide bonds. The number of halogens is 1. The average molecular weight is 670 g/mol. The molecule has 2 heterocycles. The van der Waals surface area contributed by atoms with Crippen LogP contribution in [0.3, 0.4) is 0 Å². The van der Waals surface area contributed by atoms with E-state index < -0.39 is 17.9 Å². The Hall–Kier alpha value is -5.49. The predicted octanol–water partition coefficient (Wildman–Crippen LogP) is 5.70. The summed E-state index contributed by atoms with van der Waals surface area (Å²) in [5.74, 6) is -0.218. The zero-order valence-electron chi connectivity index (χ0n) is 27.0. The predicted molar refractivity (Wildman–Crippen MR) is 185 cm³/mol. The molecule has 1 aromatic heterocycles. The van der Waals surface area contributed by atoms with Crippen molar-refractivity contribution in [2.45, 2.75) is 40.3 Å². The maximum atomic E-state index is 13.9. The molecule has 48 heavy (non-hydrogen) atoms. The number of aromatic nitrogens is 1. The van der Waals surface area contributed by atoms with Crippen molar-refractivity contribution < 1.29 is 28.2 Å². The van der Waals surface area contributed by atoms with Crippen molar-refractivity contribution >= 4 is 35.4 Å². The van der Waals surface area contributed by atoms with Crippen molar-refractivity contribution in [1.29, 1.82) is 0 Å². The van der Waals surface area contributed by atoms with Crippen molar-refractivity contribution in [3.8, 4) is 17.2 Å². The molecule has 3 N–H and O–H groups in total. The first-order chi connectivity index (χ1) is 23.2. The van der Waals surface area contributed by atoms with Crippen LogP contribution in [0.4, 0.5) is 4.39 Å². The standard InChI is InChI=1S/C36H36FN5O5S/c1-5-45-35(44)33-23(3)39-36(48)40-34(33)29-11-7-9-13-31(29)47-21-32(43)41-38-19-26-18-22(2)42(24(26)4)27-14-16-28(17-15-27)46-20-25-10-6-8-12-30(25)37/h6-19,34H,5,20-21H2,1-4H3,(H,41,43)(H2,39,40,48)/t34-/m0/s1. The molecule has 1 aliphatic rings. The molecule has 0 spiro atoms. The van der Waals surface area contributed by atoms with Crippen LogP contribution in [0.1, 0.15) is 48.0 Å². The number of para-hydroxylation sites is 1. The third-order valence-corrected chi connectivity index (χ3v) is 7.88. The van der Waals surface area contributed by atoms with Gasteiger partial charge in [0.2, 0.25) is 0 Å². The number of thiocarbonyl (C=S) groups is 1. The molecule has 4 aromatic rings. The van der Waals surface area contributed by atoms with Gasteiger partial charge in [-0.1, -0.05) is 36.4 Å². The minimum absolute atomic E-state index is 0.134. The van der Waals surface area contributed by atoms with Gasteiger partial charge in [0.05, 0.1) is 24.4 Å². The summed E-state index contributed by atoms with van der Waals surface area (Å²) in [7, 11) is 0. The van der Waals surface area contributed by atoms with E-state index in [0.717, 1.165) is 22.6 Å². The van der Waals surface area contributed by atoms with Crippen LogP contribution in [0.5, 0.6) is 11.5 Å². The van der Waals surface area contributed by atoms with Gasteiger partial charge in [0, 0.05) is 39.5 Å². The highest BCUT2D eigenvalue weighted by atomic mass is 32.1. The lowest BCUT2D eigenvalue weighted by Crippen LogP contribution is -2.45. The van der Waals surface area contributed by atoms with E-state index in [0.29, 0.717) is 39.0 Å². The first-order valence-electron chi connectivity index (χ1n) is 15.3. The monoisotopic (exact) mass is 669 g/mol. The van der Waals surface area contributed by atoms with Gasteiger partial charge in [-0.15, -0.1) is 0 Å². The van der Waals surface area contributed by atoms with E-state index >= 15 is 0 Å². The molecule has 1 aliphatic heterocycles. The SMILES string of the molecule is CCOC(=O)C1=C(C)NC(=S)N[C@H]1c1ccccc1OCC(=O)NN=Cc1cc(C)n(-c2ccc(OCc3ccccc3F)cc2)c1C. The molecule has 5 rings (SSSR count). The second kappa shape index (κ2) is 15.4. The number of nitrogens with one attached hydrogen (secondary N) is 3. The maximum absolute atomic E-state index is 13.9. The quantitative estimate of drug-likeness (QED) is 0.0763. The van der Waals surface area contributed by atoms with Crippen LogP contribution >= 0.6 is 12.2 Å². The smallest absolute Gasteiger partial charge is 0.338 e. The third-order valence-electron chi connectivity index (χ3n) is 7.66. The molecule has 0 saturated carbocycles. The van der Waals surface area contributed by atoms with Crippen LogP contribution < -0.4 is 25.5 Å². The summed E-state index contributed by atoms with van der Waals surface area (Å²) in [6, 6.07) is 22.5. The Morgan fingerprint density at radius 1 is 1.02 bits per heavy atom. The summed E-state index contributed by atoms with van der Waals surface area (Å²) >= 11 is 5.34. The van der Waals surface area contributed by atoms with Crippen molar-refractivity contribution in [3.05, 3.63) is 124 Å².